The molecule has 0 spiro atoms. The Labute approximate surface area is 126 Å². The molecule has 0 bridgehead atoms. The van der Waals surface area contributed by atoms with Crippen molar-refractivity contribution in [3.05, 3.63) is 42.2 Å². The molecule has 1 aromatic heterocycles. The minimum atomic E-state index is -4.18. The average molecular weight is 328 g/mol. The zero-order chi connectivity index (χ0) is 15.7. The van der Waals surface area contributed by atoms with Crippen LogP contribution in [0.2, 0.25) is 0 Å². The molecule has 1 aliphatic rings. The number of aromatic nitrogens is 3. The number of nitrogens with zero attached hydrogens (tertiary/aromatic N) is 4. The van der Waals surface area contributed by atoms with Crippen LogP contribution in [-0.4, -0.2) is 40.8 Å². The Morgan fingerprint density at radius 1 is 1.05 bits per heavy atom. The van der Waals surface area contributed by atoms with Gasteiger partial charge in [-0.25, -0.2) is 17.2 Å². The number of benzene rings is 1. The van der Waals surface area contributed by atoms with Crippen molar-refractivity contribution in [1.29, 1.82) is 0 Å². The van der Waals surface area contributed by atoms with E-state index in [0.717, 1.165) is 22.5 Å². The Bertz CT molecular complexity index is 736. The number of hydrogen-bond donors (Lipinski definition) is 0. The summed E-state index contributed by atoms with van der Waals surface area (Å²) in [5, 5.41) is 8.06. The van der Waals surface area contributed by atoms with Gasteiger partial charge in [-0.3, -0.25) is 0 Å². The van der Waals surface area contributed by atoms with Crippen molar-refractivity contribution < 1.29 is 17.2 Å². The van der Waals surface area contributed by atoms with Crippen LogP contribution in [0.15, 0.2) is 35.5 Å². The van der Waals surface area contributed by atoms with Gasteiger partial charge in [0, 0.05) is 13.1 Å². The fraction of sp³-hybridized carbons (Fsp3) is 0.385. The first-order valence-corrected chi connectivity index (χ1v) is 8.24. The number of piperidine rings is 1. The van der Waals surface area contributed by atoms with Gasteiger partial charge < -0.3 is 0 Å². The van der Waals surface area contributed by atoms with E-state index in [9.17, 15) is 17.2 Å². The monoisotopic (exact) mass is 328 g/mol. The number of halogens is 2. The maximum absolute atomic E-state index is 13.7. The molecule has 1 saturated heterocycles. The van der Waals surface area contributed by atoms with Crippen molar-refractivity contribution in [1.82, 2.24) is 19.3 Å². The van der Waals surface area contributed by atoms with Crippen LogP contribution in [0, 0.1) is 11.6 Å². The summed E-state index contributed by atoms with van der Waals surface area (Å²) in [6, 6.07) is 3.01. The lowest BCUT2D eigenvalue weighted by Crippen LogP contribution is -2.40. The van der Waals surface area contributed by atoms with Crippen molar-refractivity contribution in [2.75, 3.05) is 13.1 Å². The summed E-state index contributed by atoms with van der Waals surface area (Å²) < 4.78 is 53.4. The van der Waals surface area contributed by atoms with Crippen LogP contribution in [0.3, 0.4) is 0 Å². The first-order chi connectivity index (χ1) is 10.5. The maximum atomic E-state index is 13.7. The van der Waals surface area contributed by atoms with Gasteiger partial charge in [0.05, 0.1) is 18.4 Å². The van der Waals surface area contributed by atoms with Gasteiger partial charge in [-0.05, 0) is 25.0 Å². The molecule has 6 nitrogen and oxygen atoms in total. The molecule has 0 saturated carbocycles. The van der Waals surface area contributed by atoms with Crippen LogP contribution in [0.4, 0.5) is 8.78 Å². The molecule has 0 aliphatic carbocycles. The maximum Gasteiger partial charge on any atom is 0.248 e. The smallest absolute Gasteiger partial charge is 0.207 e. The van der Waals surface area contributed by atoms with Gasteiger partial charge in [0.2, 0.25) is 10.0 Å². The summed E-state index contributed by atoms with van der Waals surface area (Å²) in [6.07, 6.45) is 4.09. The van der Waals surface area contributed by atoms with E-state index in [2.05, 4.69) is 10.2 Å². The highest BCUT2D eigenvalue weighted by atomic mass is 32.2. The molecule has 0 unspecified atom stereocenters. The molecule has 3 rings (SSSR count). The largest absolute Gasteiger partial charge is 0.248 e. The van der Waals surface area contributed by atoms with Gasteiger partial charge in [-0.1, -0.05) is 6.07 Å². The molecule has 0 amide bonds. The van der Waals surface area contributed by atoms with E-state index in [1.807, 2.05) is 0 Å². The number of hydrogen-bond acceptors (Lipinski definition) is 4. The van der Waals surface area contributed by atoms with Crippen LogP contribution < -0.4 is 0 Å². The van der Waals surface area contributed by atoms with E-state index < -0.39 is 26.6 Å². The predicted octanol–water partition coefficient (Wildman–Crippen LogP) is 1.58. The minimum Gasteiger partial charge on any atom is -0.207 e. The molecule has 0 atom stereocenters. The fourth-order valence-corrected chi connectivity index (χ4v) is 4.16. The van der Waals surface area contributed by atoms with Crippen LogP contribution in [-0.2, 0) is 10.0 Å². The summed E-state index contributed by atoms with van der Waals surface area (Å²) in [5.41, 5.74) is 0. The highest BCUT2D eigenvalue weighted by Gasteiger charge is 2.34. The summed E-state index contributed by atoms with van der Waals surface area (Å²) in [5.74, 6) is -2.15. The highest BCUT2D eigenvalue weighted by molar-refractivity contribution is 7.89. The van der Waals surface area contributed by atoms with Crippen LogP contribution in [0.1, 0.15) is 18.9 Å². The third-order valence-corrected chi connectivity index (χ3v) is 5.65. The molecule has 118 valence electrons. The van der Waals surface area contributed by atoms with Crippen molar-refractivity contribution in [2.45, 2.75) is 23.8 Å². The molecule has 2 aromatic rings. The molecule has 2 heterocycles. The summed E-state index contributed by atoms with van der Waals surface area (Å²) in [4.78, 5) is 0.652. The second-order valence-electron chi connectivity index (χ2n) is 5.04. The highest BCUT2D eigenvalue weighted by Crippen LogP contribution is 2.28. The molecular formula is C13H14F2N4O2S. The van der Waals surface area contributed by atoms with Crippen molar-refractivity contribution in [3.8, 4) is 0 Å². The quantitative estimate of drug-likeness (QED) is 0.858. The Balaban J connectivity index is 1.81. The Morgan fingerprint density at radius 3 is 2.14 bits per heavy atom. The third-order valence-electron chi connectivity index (χ3n) is 3.70. The molecule has 1 aliphatic heterocycles. The van der Waals surface area contributed by atoms with E-state index in [4.69, 9.17) is 0 Å². The van der Waals surface area contributed by atoms with E-state index in [-0.39, 0.29) is 19.1 Å². The van der Waals surface area contributed by atoms with Gasteiger partial charge in [0.15, 0.2) is 4.90 Å². The van der Waals surface area contributed by atoms with E-state index >= 15 is 0 Å². The molecular weight excluding hydrogens is 314 g/mol. The van der Waals surface area contributed by atoms with Crippen molar-refractivity contribution in [3.63, 3.8) is 0 Å². The normalized spacial score (nSPS) is 17.7. The van der Waals surface area contributed by atoms with Crippen molar-refractivity contribution in [2.24, 2.45) is 0 Å². The van der Waals surface area contributed by atoms with Gasteiger partial charge in [0.25, 0.3) is 0 Å². The molecule has 0 radical (unpaired) electrons. The van der Waals surface area contributed by atoms with Crippen LogP contribution in [0.25, 0.3) is 0 Å². The molecule has 1 fully saturated rings. The first-order valence-electron chi connectivity index (χ1n) is 6.80. The lowest BCUT2D eigenvalue weighted by molar-refractivity contribution is 0.244. The summed E-state index contributed by atoms with van der Waals surface area (Å²) in [6.45, 7) is 0.338. The van der Waals surface area contributed by atoms with Gasteiger partial charge in [-0.2, -0.15) is 19.3 Å². The average Bonchev–Trinajstić information content (AvgIpc) is 3.01. The zero-order valence-electron chi connectivity index (χ0n) is 11.6. The first kappa shape index (κ1) is 15.0. The topological polar surface area (TPSA) is 68.1 Å². The Morgan fingerprint density at radius 2 is 1.59 bits per heavy atom. The second kappa shape index (κ2) is 5.73. The minimum absolute atomic E-state index is 0.00748. The van der Waals surface area contributed by atoms with Crippen LogP contribution in [0.5, 0.6) is 0 Å². The zero-order valence-corrected chi connectivity index (χ0v) is 12.4. The van der Waals surface area contributed by atoms with Gasteiger partial charge in [-0.15, -0.1) is 0 Å². The number of rotatable bonds is 3. The lowest BCUT2D eigenvalue weighted by atomic mass is 10.1. The summed E-state index contributed by atoms with van der Waals surface area (Å²) >= 11 is 0. The Kier molecular flexibility index (Phi) is 3.92. The number of sulfonamides is 1. The lowest BCUT2D eigenvalue weighted by Gasteiger charge is -2.30. The fourth-order valence-electron chi connectivity index (χ4n) is 2.59. The summed E-state index contributed by atoms with van der Waals surface area (Å²) in [7, 11) is -4.18. The van der Waals surface area contributed by atoms with E-state index in [0.29, 0.717) is 12.8 Å². The van der Waals surface area contributed by atoms with Gasteiger partial charge in [0.1, 0.15) is 11.6 Å². The van der Waals surface area contributed by atoms with E-state index in [1.165, 1.54) is 4.80 Å². The van der Waals surface area contributed by atoms with Gasteiger partial charge >= 0.3 is 0 Å². The third kappa shape index (κ3) is 2.61. The van der Waals surface area contributed by atoms with E-state index in [1.54, 1.807) is 12.4 Å². The molecule has 0 N–H and O–H groups in total. The Hall–Kier alpha value is -1.87. The van der Waals surface area contributed by atoms with Crippen LogP contribution >= 0.6 is 0 Å². The molecule has 1 aromatic carbocycles. The second-order valence-corrected chi connectivity index (χ2v) is 6.91. The molecule has 9 heteroatoms. The molecule has 22 heavy (non-hydrogen) atoms. The standard InChI is InChI=1S/C13H14F2N4O2S/c14-11-2-1-3-12(15)13(11)22(20,21)18-8-4-10(5-9-18)19-16-6-7-17-19/h1-3,6-7,10H,4-5,8-9H2. The van der Waals surface area contributed by atoms with Crippen molar-refractivity contribution >= 4 is 10.0 Å². The SMILES string of the molecule is O=S(=O)(c1c(F)cccc1F)N1CCC(n2nccn2)CC1. The predicted molar refractivity (Wildman–Crippen MR) is 73.4 cm³/mol.